The Labute approximate surface area is 107 Å². The SMILES string of the molecule is CN(CCNc1ccc(C#N)cc1Cl)C1CC1. The maximum Gasteiger partial charge on any atom is 0.0992 e. The molecule has 0 bridgehead atoms. The molecule has 3 nitrogen and oxygen atoms in total. The highest BCUT2D eigenvalue weighted by Crippen LogP contribution is 2.25. The van der Waals surface area contributed by atoms with Gasteiger partial charge in [0.1, 0.15) is 0 Å². The van der Waals surface area contributed by atoms with E-state index in [1.807, 2.05) is 6.07 Å². The Morgan fingerprint density at radius 2 is 2.29 bits per heavy atom. The van der Waals surface area contributed by atoms with Crippen molar-refractivity contribution in [3.63, 3.8) is 0 Å². The monoisotopic (exact) mass is 249 g/mol. The molecule has 1 N–H and O–H groups in total. The van der Waals surface area contributed by atoms with Crippen molar-refractivity contribution in [1.82, 2.24) is 4.90 Å². The average molecular weight is 250 g/mol. The van der Waals surface area contributed by atoms with Gasteiger partial charge in [-0.2, -0.15) is 5.26 Å². The first-order valence-electron chi connectivity index (χ1n) is 5.84. The Morgan fingerprint density at radius 3 is 2.88 bits per heavy atom. The zero-order valence-corrected chi connectivity index (χ0v) is 10.7. The highest BCUT2D eigenvalue weighted by atomic mass is 35.5. The van der Waals surface area contributed by atoms with Gasteiger partial charge in [0.2, 0.25) is 0 Å². The molecule has 1 aromatic rings. The van der Waals surface area contributed by atoms with Crippen molar-refractivity contribution in [1.29, 1.82) is 5.26 Å². The van der Waals surface area contributed by atoms with Crippen molar-refractivity contribution in [3.8, 4) is 6.07 Å². The third-order valence-electron chi connectivity index (χ3n) is 3.05. The van der Waals surface area contributed by atoms with E-state index in [-0.39, 0.29) is 0 Å². The van der Waals surface area contributed by atoms with Crippen LogP contribution in [0, 0.1) is 11.3 Å². The van der Waals surface area contributed by atoms with Gasteiger partial charge >= 0.3 is 0 Å². The van der Waals surface area contributed by atoms with Gasteiger partial charge in [-0.3, -0.25) is 0 Å². The molecule has 0 heterocycles. The summed E-state index contributed by atoms with van der Waals surface area (Å²) in [6.07, 6.45) is 2.66. The molecule has 1 saturated carbocycles. The Balaban J connectivity index is 1.84. The summed E-state index contributed by atoms with van der Waals surface area (Å²) in [7, 11) is 2.15. The number of likely N-dealkylation sites (N-methyl/N-ethyl adjacent to an activating group) is 1. The molecule has 1 aliphatic carbocycles. The number of halogens is 1. The summed E-state index contributed by atoms with van der Waals surface area (Å²) in [6, 6.07) is 8.18. The number of hydrogen-bond donors (Lipinski definition) is 1. The zero-order chi connectivity index (χ0) is 12.3. The van der Waals surface area contributed by atoms with Crippen LogP contribution in [-0.4, -0.2) is 31.1 Å². The first-order valence-corrected chi connectivity index (χ1v) is 6.22. The van der Waals surface area contributed by atoms with Gasteiger partial charge in [-0.05, 0) is 38.1 Å². The van der Waals surface area contributed by atoms with Gasteiger partial charge in [0, 0.05) is 19.1 Å². The fourth-order valence-electron chi connectivity index (χ4n) is 1.79. The smallest absolute Gasteiger partial charge is 0.0992 e. The van der Waals surface area contributed by atoms with Gasteiger partial charge in [0.05, 0.1) is 22.3 Å². The molecule has 0 spiro atoms. The van der Waals surface area contributed by atoms with E-state index >= 15 is 0 Å². The van der Waals surface area contributed by atoms with Gasteiger partial charge in [0.15, 0.2) is 0 Å². The molecule has 0 unspecified atom stereocenters. The molecule has 90 valence electrons. The molecule has 0 aromatic heterocycles. The lowest BCUT2D eigenvalue weighted by atomic mass is 10.2. The predicted octanol–water partition coefficient (Wildman–Crippen LogP) is 2.72. The second-order valence-corrected chi connectivity index (χ2v) is 4.85. The highest BCUT2D eigenvalue weighted by molar-refractivity contribution is 6.33. The van der Waals surface area contributed by atoms with Crippen LogP contribution in [0.5, 0.6) is 0 Å². The van der Waals surface area contributed by atoms with Gasteiger partial charge in [-0.25, -0.2) is 0 Å². The molecule has 4 heteroatoms. The number of anilines is 1. The maximum atomic E-state index is 8.73. The molecular formula is C13H16ClN3. The average Bonchev–Trinajstić information content (AvgIpc) is 3.15. The number of hydrogen-bond acceptors (Lipinski definition) is 3. The fourth-order valence-corrected chi connectivity index (χ4v) is 2.04. The van der Waals surface area contributed by atoms with E-state index in [0.29, 0.717) is 10.6 Å². The van der Waals surface area contributed by atoms with Crippen LogP contribution < -0.4 is 5.32 Å². The fraction of sp³-hybridized carbons (Fsp3) is 0.462. The zero-order valence-electron chi connectivity index (χ0n) is 9.91. The maximum absolute atomic E-state index is 8.73. The van der Waals surface area contributed by atoms with E-state index in [0.717, 1.165) is 24.8 Å². The summed E-state index contributed by atoms with van der Waals surface area (Å²) in [5.41, 5.74) is 1.49. The van der Waals surface area contributed by atoms with Crippen molar-refractivity contribution in [2.75, 3.05) is 25.5 Å². The van der Waals surface area contributed by atoms with E-state index in [2.05, 4.69) is 23.3 Å². The lowest BCUT2D eigenvalue weighted by molar-refractivity contribution is 0.337. The molecule has 0 atom stereocenters. The van der Waals surface area contributed by atoms with Crippen LogP contribution >= 0.6 is 11.6 Å². The van der Waals surface area contributed by atoms with Crippen molar-refractivity contribution < 1.29 is 0 Å². The minimum Gasteiger partial charge on any atom is -0.383 e. The third-order valence-corrected chi connectivity index (χ3v) is 3.36. The second-order valence-electron chi connectivity index (χ2n) is 4.44. The first kappa shape index (κ1) is 12.2. The molecule has 0 amide bonds. The lowest BCUT2D eigenvalue weighted by Gasteiger charge is -2.16. The summed E-state index contributed by atoms with van der Waals surface area (Å²) >= 11 is 6.07. The minimum atomic E-state index is 0.593. The predicted molar refractivity (Wildman–Crippen MR) is 70.3 cm³/mol. The van der Waals surface area contributed by atoms with Gasteiger partial charge < -0.3 is 10.2 Å². The number of nitrogens with one attached hydrogen (secondary N) is 1. The van der Waals surface area contributed by atoms with Gasteiger partial charge in [-0.1, -0.05) is 11.6 Å². The summed E-state index contributed by atoms with van der Waals surface area (Å²) in [5, 5.41) is 12.6. The normalized spacial score (nSPS) is 14.7. The number of nitriles is 1. The topological polar surface area (TPSA) is 39.1 Å². The summed E-state index contributed by atoms with van der Waals surface area (Å²) in [4.78, 5) is 2.37. The Bertz CT molecular complexity index is 435. The van der Waals surface area contributed by atoms with Crippen molar-refractivity contribution in [2.24, 2.45) is 0 Å². The number of nitrogens with zero attached hydrogens (tertiary/aromatic N) is 2. The van der Waals surface area contributed by atoms with Crippen LogP contribution in [-0.2, 0) is 0 Å². The highest BCUT2D eigenvalue weighted by Gasteiger charge is 2.25. The van der Waals surface area contributed by atoms with Crippen LogP contribution in [0.25, 0.3) is 0 Å². The largest absolute Gasteiger partial charge is 0.383 e. The van der Waals surface area contributed by atoms with Crippen molar-refractivity contribution >= 4 is 17.3 Å². The molecule has 1 aliphatic rings. The quantitative estimate of drug-likeness (QED) is 0.872. The van der Waals surface area contributed by atoms with Crippen LogP contribution in [0.2, 0.25) is 5.02 Å². The van der Waals surface area contributed by atoms with E-state index in [4.69, 9.17) is 16.9 Å². The van der Waals surface area contributed by atoms with Crippen LogP contribution in [0.4, 0.5) is 5.69 Å². The molecule has 0 radical (unpaired) electrons. The minimum absolute atomic E-state index is 0.593. The van der Waals surface area contributed by atoms with Gasteiger partial charge in [-0.15, -0.1) is 0 Å². The molecule has 1 aromatic carbocycles. The molecule has 17 heavy (non-hydrogen) atoms. The van der Waals surface area contributed by atoms with E-state index in [9.17, 15) is 0 Å². The summed E-state index contributed by atoms with van der Waals surface area (Å²) in [6.45, 7) is 1.89. The van der Waals surface area contributed by atoms with E-state index < -0.39 is 0 Å². The van der Waals surface area contributed by atoms with Crippen molar-refractivity contribution in [3.05, 3.63) is 28.8 Å². The standard InChI is InChI=1S/C13H16ClN3/c1-17(11-3-4-11)7-6-16-13-5-2-10(9-15)8-12(13)14/h2,5,8,11,16H,3-4,6-7H2,1H3. The lowest BCUT2D eigenvalue weighted by Crippen LogP contribution is -2.27. The Morgan fingerprint density at radius 1 is 1.53 bits per heavy atom. The van der Waals surface area contributed by atoms with Gasteiger partial charge in [0.25, 0.3) is 0 Å². The number of rotatable bonds is 5. The van der Waals surface area contributed by atoms with Crippen LogP contribution in [0.1, 0.15) is 18.4 Å². The molecule has 0 aliphatic heterocycles. The molecule has 0 saturated heterocycles. The van der Waals surface area contributed by atoms with Crippen LogP contribution in [0.15, 0.2) is 18.2 Å². The number of benzene rings is 1. The Kier molecular flexibility index (Phi) is 3.88. The molecule has 2 rings (SSSR count). The van der Waals surface area contributed by atoms with E-state index in [1.165, 1.54) is 12.8 Å². The third kappa shape index (κ3) is 3.36. The summed E-state index contributed by atoms with van der Waals surface area (Å²) in [5.74, 6) is 0. The van der Waals surface area contributed by atoms with Crippen LogP contribution in [0.3, 0.4) is 0 Å². The molecular weight excluding hydrogens is 234 g/mol. The first-order chi connectivity index (χ1) is 8.20. The van der Waals surface area contributed by atoms with E-state index in [1.54, 1.807) is 12.1 Å². The summed E-state index contributed by atoms with van der Waals surface area (Å²) < 4.78 is 0. The molecule has 1 fully saturated rings. The second kappa shape index (κ2) is 5.39. The Hall–Kier alpha value is -1.24. The van der Waals surface area contributed by atoms with Crippen molar-refractivity contribution in [2.45, 2.75) is 18.9 Å².